The lowest BCUT2D eigenvalue weighted by Crippen LogP contribution is -2.66. The lowest BCUT2D eigenvalue weighted by molar-refractivity contribution is -0.127. The number of aliphatic imine (C=N–C) groups is 1. The third-order valence-electron chi connectivity index (χ3n) is 4.57. The van der Waals surface area contributed by atoms with Crippen LogP contribution in [0.3, 0.4) is 0 Å². The van der Waals surface area contributed by atoms with Gasteiger partial charge in [-0.1, -0.05) is 23.2 Å². The minimum Gasteiger partial charge on any atom is -0.332 e. The maximum Gasteiger partial charge on any atom is 0.265 e. The minimum atomic E-state index is -1.22. The van der Waals surface area contributed by atoms with Crippen molar-refractivity contribution in [3.8, 4) is 6.19 Å². The van der Waals surface area contributed by atoms with Crippen molar-refractivity contribution in [3.05, 3.63) is 28.2 Å². The fraction of sp³-hybridized carbons (Fsp3) is 0.400. The number of hydrogen-bond donors (Lipinski definition) is 2. The number of likely N-dealkylation sites (tertiary alicyclic amines) is 1. The molecule has 6 nitrogen and oxygen atoms in total. The number of nitrogens with one attached hydrogen (secondary N) is 1. The number of rotatable bonds is 3. The first-order valence-corrected chi connectivity index (χ1v) is 7.98. The monoisotopic (exact) mass is 351 g/mol. The van der Waals surface area contributed by atoms with E-state index in [9.17, 15) is 4.79 Å². The Kier molecular flexibility index (Phi) is 4.19. The standard InChI is InChI=1S/C15H15Cl2N5O/c16-10-4-11(17)6-12(5-10)21-14(23)15(19)9-1-2-13(3-9)22(15)8-20-7-18/h4-6,8-9,13H,1-3,19H2,(H,21,23)/t9?,13?,15-/m1/s1. The highest BCUT2D eigenvalue weighted by Gasteiger charge is 2.58. The molecule has 1 aliphatic carbocycles. The Hall–Kier alpha value is -1.81. The summed E-state index contributed by atoms with van der Waals surface area (Å²) >= 11 is 11.9. The minimum absolute atomic E-state index is 0.0206. The van der Waals surface area contributed by atoms with Crippen LogP contribution in [0.4, 0.5) is 5.69 Å². The van der Waals surface area contributed by atoms with E-state index in [0.717, 1.165) is 19.3 Å². The SMILES string of the molecule is N#CN=CN1C2CCC(C2)[C@]1(N)C(=O)Nc1cc(Cl)cc(Cl)c1. The first kappa shape index (κ1) is 16.1. The number of nitriles is 1. The Balaban J connectivity index is 1.87. The van der Waals surface area contributed by atoms with E-state index >= 15 is 0 Å². The van der Waals surface area contributed by atoms with E-state index in [2.05, 4.69) is 10.3 Å². The first-order chi connectivity index (χ1) is 10.9. The molecule has 3 rings (SSSR count). The van der Waals surface area contributed by atoms with E-state index in [0.29, 0.717) is 15.7 Å². The summed E-state index contributed by atoms with van der Waals surface area (Å²) < 4.78 is 0. The number of carbonyl (C=O) groups is 1. The molecule has 1 heterocycles. The first-order valence-electron chi connectivity index (χ1n) is 7.22. The Morgan fingerprint density at radius 3 is 2.78 bits per heavy atom. The van der Waals surface area contributed by atoms with Crippen LogP contribution in [-0.2, 0) is 4.79 Å². The van der Waals surface area contributed by atoms with Crippen LogP contribution in [0.15, 0.2) is 23.2 Å². The normalized spacial score (nSPS) is 29.0. The zero-order valence-corrected chi connectivity index (χ0v) is 13.7. The topological polar surface area (TPSA) is 94.5 Å². The molecule has 1 aromatic carbocycles. The van der Waals surface area contributed by atoms with E-state index in [1.807, 2.05) is 0 Å². The van der Waals surface area contributed by atoms with Gasteiger partial charge in [0.25, 0.3) is 5.91 Å². The molecule has 0 spiro atoms. The third kappa shape index (κ3) is 2.76. The zero-order chi connectivity index (χ0) is 16.6. The molecule has 23 heavy (non-hydrogen) atoms. The highest BCUT2D eigenvalue weighted by atomic mass is 35.5. The van der Waals surface area contributed by atoms with Crippen molar-refractivity contribution < 1.29 is 4.79 Å². The van der Waals surface area contributed by atoms with Gasteiger partial charge in [-0.3, -0.25) is 4.79 Å². The van der Waals surface area contributed by atoms with Crippen LogP contribution >= 0.6 is 23.2 Å². The fourth-order valence-electron chi connectivity index (χ4n) is 3.56. The summed E-state index contributed by atoms with van der Waals surface area (Å²) in [5, 5.41) is 12.3. The average molecular weight is 352 g/mol. The van der Waals surface area contributed by atoms with Gasteiger partial charge in [0, 0.05) is 27.7 Å². The number of carbonyl (C=O) groups excluding carboxylic acids is 1. The van der Waals surface area contributed by atoms with Gasteiger partial charge in [0.05, 0.1) is 0 Å². The molecule has 120 valence electrons. The van der Waals surface area contributed by atoms with Gasteiger partial charge in [-0.15, -0.1) is 0 Å². The van der Waals surface area contributed by atoms with E-state index in [4.69, 9.17) is 34.2 Å². The second kappa shape index (κ2) is 6.00. The Morgan fingerprint density at radius 1 is 1.43 bits per heavy atom. The van der Waals surface area contributed by atoms with Crippen molar-refractivity contribution in [2.24, 2.45) is 16.6 Å². The van der Waals surface area contributed by atoms with Gasteiger partial charge in [-0.05, 0) is 37.5 Å². The van der Waals surface area contributed by atoms with Gasteiger partial charge < -0.3 is 16.0 Å². The number of hydrogen-bond acceptors (Lipinski definition) is 4. The average Bonchev–Trinajstić information content (AvgIpc) is 3.05. The summed E-state index contributed by atoms with van der Waals surface area (Å²) in [6.07, 6.45) is 5.71. The summed E-state index contributed by atoms with van der Waals surface area (Å²) in [5.74, 6) is -0.334. The maximum absolute atomic E-state index is 12.8. The summed E-state index contributed by atoms with van der Waals surface area (Å²) in [6, 6.07) is 4.93. The largest absolute Gasteiger partial charge is 0.332 e. The van der Waals surface area contributed by atoms with Gasteiger partial charge in [0.1, 0.15) is 6.34 Å². The molecule has 3 atom stereocenters. The van der Waals surface area contributed by atoms with E-state index in [1.54, 1.807) is 29.3 Å². The van der Waals surface area contributed by atoms with Crippen molar-refractivity contribution >= 4 is 41.1 Å². The lowest BCUT2D eigenvalue weighted by atomic mass is 9.91. The van der Waals surface area contributed by atoms with Crippen LogP contribution in [0.1, 0.15) is 19.3 Å². The van der Waals surface area contributed by atoms with E-state index in [1.165, 1.54) is 6.34 Å². The van der Waals surface area contributed by atoms with Crippen LogP contribution in [0.2, 0.25) is 10.0 Å². The molecule has 1 aromatic rings. The summed E-state index contributed by atoms with van der Waals surface area (Å²) in [5.41, 5.74) is 5.70. The third-order valence-corrected chi connectivity index (χ3v) is 5.01. The van der Waals surface area contributed by atoms with Crippen LogP contribution in [-0.4, -0.2) is 28.9 Å². The highest BCUT2D eigenvalue weighted by molar-refractivity contribution is 6.35. The van der Waals surface area contributed by atoms with Crippen LogP contribution in [0, 0.1) is 17.4 Å². The lowest BCUT2D eigenvalue weighted by Gasteiger charge is -2.41. The molecule has 2 bridgehead atoms. The molecule has 1 aliphatic heterocycles. The Labute approximate surface area is 143 Å². The van der Waals surface area contributed by atoms with Gasteiger partial charge in [-0.25, -0.2) is 0 Å². The molecule has 2 aliphatic rings. The number of benzene rings is 1. The van der Waals surface area contributed by atoms with Crippen molar-refractivity contribution in [1.82, 2.24) is 4.90 Å². The number of piperidine rings is 1. The molecule has 3 N–H and O–H groups in total. The maximum atomic E-state index is 12.8. The molecule has 2 unspecified atom stereocenters. The number of amides is 1. The van der Waals surface area contributed by atoms with Crippen molar-refractivity contribution in [2.45, 2.75) is 31.0 Å². The predicted octanol–water partition coefficient (Wildman–Crippen LogP) is 2.58. The van der Waals surface area contributed by atoms with Crippen LogP contribution in [0.25, 0.3) is 0 Å². The Morgan fingerprint density at radius 2 is 2.13 bits per heavy atom. The van der Waals surface area contributed by atoms with E-state index in [-0.39, 0.29) is 17.9 Å². The highest BCUT2D eigenvalue weighted by Crippen LogP contribution is 2.46. The quantitative estimate of drug-likeness (QED) is 0.497. The summed E-state index contributed by atoms with van der Waals surface area (Å²) in [4.78, 5) is 18.1. The molecule has 1 amide bonds. The molecular formula is C15H15Cl2N5O. The number of nitrogens with two attached hydrogens (primary N) is 1. The molecule has 1 saturated carbocycles. The van der Waals surface area contributed by atoms with Gasteiger partial charge in [0.2, 0.25) is 6.19 Å². The Bertz CT molecular complexity index is 696. The van der Waals surface area contributed by atoms with E-state index < -0.39 is 5.66 Å². The fourth-order valence-corrected chi connectivity index (χ4v) is 4.09. The smallest absolute Gasteiger partial charge is 0.265 e. The number of halogens is 2. The molecule has 0 radical (unpaired) electrons. The molecule has 8 heteroatoms. The van der Waals surface area contributed by atoms with Crippen molar-refractivity contribution in [3.63, 3.8) is 0 Å². The van der Waals surface area contributed by atoms with Gasteiger partial charge in [-0.2, -0.15) is 10.3 Å². The number of anilines is 1. The molecule has 0 aromatic heterocycles. The van der Waals surface area contributed by atoms with Crippen LogP contribution in [0.5, 0.6) is 0 Å². The zero-order valence-electron chi connectivity index (χ0n) is 12.2. The number of nitrogens with zero attached hydrogens (tertiary/aromatic N) is 3. The molecular weight excluding hydrogens is 337 g/mol. The molecule has 2 fully saturated rings. The summed E-state index contributed by atoms with van der Waals surface area (Å²) in [7, 11) is 0. The number of fused-ring (bicyclic) bond motifs is 2. The summed E-state index contributed by atoms with van der Waals surface area (Å²) in [6.45, 7) is 0. The molecule has 1 saturated heterocycles. The van der Waals surface area contributed by atoms with Crippen molar-refractivity contribution in [1.29, 1.82) is 5.26 Å². The second-order valence-corrected chi connectivity index (χ2v) is 6.73. The van der Waals surface area contributed by atoms with Crippen LogP contribution < -0.4 is 11.1 Å². The second-order valence-electron chi connectivity index (χ2n) is 5.85. The van der Waals surface area contributed by atoms with Gasteiger partial charge >= 0.3 is 0 Å². The van der Waals surface area contributed by atoms with Gasteiger partial charge in [0.15, 0.2) is 5.66 Å². The van der Waals surface area contributed by atoms with Crippen molar-refractivity contribution in [2.75, 3.05) is 5.32 Å². The predicted molar refractivity (Wildman–Crippen MR) is 89.1 cm³/mol.